The van der Waals surface area contributed by atoms with Gasteiger partial charge in [0.25, 0.3) is 0 Å². The fourth-order valence-electron chi connectivity index (χ4n) is 5.52. The minimum atomic E-state index is -1.01. The predicted molar refractivity (Wildman–Crippen MR) is 158 cm³/mol. The van der Waals surface area contributed by atoms with Crippen LogP contribution in [0.2, 0.25) is 0 Å². The van der Waals surface area contributed by atoms with Gasteiger partial charge in [-0.2, -0.15) is 0 Å². The van der Waals surface area contributed by atoms with E-state index in [1.165, 1.54) is 10.0 Å². The highest BCUT2D eigenvalue weighted by atomic mass is 16.3. The molecule has 0 aromatic heterocycles. The molecule has 0 radical (unpaired) electrons. The summed E-state index contributed by atoms with van der Waals surface area (Å²) in [5.41, 5.74) is 2.51. The van der Waals surface area contributed by atoms with Crippen LogP contribution in [0.5, 0.6) is 11.5 Å². The number of aromatic hydroxyl groups is 2. The molecule has 1 heterocycles. The Morgan fingerprint density at radius 2 is 1.34 bits per heavy atom. The summed E-state index contributed by atoms with van der Waals surface area (Å²) in [4.78, 5) is 30.3. The van der Waals surface area contributed by atoms with Crippen LogP contribution in [0.15, 0.2) is 78.9 Å². The second kappa shape index (κ2) is 14.0. The van der Waals surface area contributed by atoms with Gasteiger partial charge in [0.2, 0.25) is 5.91 Å². The van der Waals surface area contributed by atoms with E-state index in [0.29, 0.717) is 19.3 Å². The van der Waals surface area contributed by atoms with Crippen LogP contribution in [0.25, 0.3) is 0 Å². The zero-order valence-electron chi connectivity index (χ0n) is 23.9. The van der Waals surface area contributed by atoms with Crippen molar-refractivity contribution in [1.82, 2.24) is 14.9 Å². The second-order valence-electron chi connectivity index (χ2n) is 10.8. The van der Waals surface area contributed by atoms with Gasteiger partial charge in [-0.05, 0) is 60.2 Å². The number of carbonyl (C=O) groups excluding carboxylic acids is 2. The number of carbonyl (C=O) groups is 2. The van der Waals surface area contributed by atoms with Crippen LogP contribution in [-0.4, -0.2) is 60.9 Å². The maximum Gasteiger partial charge on any atom is 0.339 e. The lowest BCUT2D eigenvalue weighted by Crippen LogP contribution is -2.53. The van der Waals surface area contributed by atoms with Crippen molar-refractivity contribution in [1.29, 1.82) is 0 Å². The van der Waals surface area contributed by atoms with E-state index in [1.807, 2.05) is 44.2 Å². The number of hydrazine groups is 1. The maximum absolute atomic E-state index is 14.5. The predicted octanol–water partition coefficient (Wildman–Crippen LogP) is 5.47. The van der Waals surface area contributed by atoms with E-state index in [2.05, 4.69) is 0 Å². The number of phenolic OH excluding ortho intramolecular Hbond substituents is 2. The molecule has 3 N–H and O–H groups in total. The molecule has 1 aliphatic heterocycles. The molecule has 2 atom stereocenters. The zero-order chi connectivity index (χ0) is 29.4. The molecule has 8 nitrogen and oxygen atoms in total. The molecular formula is C33H41N3O5. The quantitative estimate of drug-likeness (QED) is 0.289. The Morgan fingerprint density at radius 1 is 0.805 bits per heavy atom. The number of β-amino-alcohol motifs (C(OH)–C–C–N with tert-alkyl or cyclic N) is 1. The molecule has 4 rings (SSSR count). The van der Waals surface area contributed by atoms with Crippen molar-refractivity contribution in [2.45, 2.75) is 71.2 Å². The van der Waals surface area contributed by atoms with Crippen molar-refractivity contribution < 1.29 is 24.9 Å². The number of amides is 3. The van der Waals surface area contributed by atoms with E-state index < -0.39 is 12.1 Å². The Labute approximate surface area is 242 Å². The molecule has 3 aromatic rings. The topological polar surface area (TPSA) is 105 Å². The van der Waals surface area contributed by atoms with Crippen molar-refractivity contribution in [2.24, 2.45) is 5.92 Å². The van der Waals surface area contributed by atoms with Crippen molar-refractivity contribution >= 4 is 11.9 Å². The first-order chi connectivity index (χ1) is 19.8. The molecule has 1 fully saturated rings. The molecule has 41 heavy (non-hydrogen) atoms. The largest absolute Gasteiger partial charge is 0.508 e. The van der Waals surface area contributed by atoms with Gasteiger partial charge in [-0.15, -0.1) is 0 Å². The van der Waals surface area contributed by atoms with Crippen LogP contribution in [-0.2, 0) is 24.3 Å². The fourth-order valence-corrected chi connectivity index (χ4v) is 5.52. The van der Waals surface area contributed by atoms with Gasteiger partial charge in [-0.3, -0.25) is 4.79 Å². The van der Waals surface area contributed by atoms with Gasteiger partial charge in [0.05, 0.1) is 25.2 Å². The number of hydrogen-bond donors (Lipinski definition) is 3. The first-order valence-electron chi connectivity index (χ1n) is 14.5. The summed E-state index contributed by atoms with van der Waals surface area (Å²) in [6, 6.07) is 22.0. The molecule has 0 bridgehead atoms. The van der Waals surface area contributed by atoms with Gasteiger partial charge in [-0.1, -0.05) is 81.3 Å². The summed E-state index contributed by atoms with van der Waals surface area (Å²) < 4.78 is 0. The molecule has 1 saturated heterocycles. The van der Waals surface area contributed by atoms with E-state index in [9.17, 15) is 24.9 Å². The number of hydrogen-bond acceptors (Lipinski definition) is 5. The summed E-state index contributed by atoms with van der Waals surface area (Å²) in [6.07, 6.45) is 2.48. The van der Waals surface area contributed by atoms with Gasteiger partial charge in [0.15, 0.2) is 0 Å². The third-order valence-electron chi connectivity index (χ3n) is 7.69. The number of benzene rings is 3. The normalized spacial score (nSPS) is 17.7. The smallest absolute Gasteiger partial charge is 0.339 e. The average Bonchev–Trinajstić information content (AvgIpc) is 3.06. The molecule has 8 heteroatoms. The Bertz CT molecular complexity index is 1260. The van der Waals surface area contributed by atoms with Crippen molar-refractivity contribution in [3.05, 3.63) is 95.6 Å². The number of phenols is 2. The third kappa shape index (κ3) is 7.58. The Balaban J connectivity index is 1.78. The van der Waals surface area contributed by atoms with Crippen molar-refractivity contribution in [3.63, 3.8) is 0 Å². The molecule has 0 saturated carbocycles. The molecule has 0 unspecified atom stereocenters. The van der Waals surface area contributed by atoms with Gasteiger partial charge in [-0.25, -0.2) is 14.8 Å². The molecule has 3 aromatic carbocycles. The van der Waals surface area contributed by atoms with Gasteiger partial charge in [0.1, 0.15) is 11.5 Å². The Kier molecular flexibility index (Phi) is 10.2. The van der Waals surface area contributed by atoms with Crippen molar-refractivity contribution in [3.8, 4) is 11.5 Å². The standard InChI is InChI=1S/C33H41N3O5/c1-3-8-27(9-4-2)32(40)35-23-31(39)30(20-24-10-6-5-7-11-24)34(21-25-12-16-28(37)17-13-25)33(41)36(35)22-26-14-18-29(38)19-15-26/h5-7,10-19,27,30-31,37-39H,3-4,8-9,20-23H2,1-2H3/t30-,31-/m1/s1. The van der Waals surface area contributed by atoms with Gasteiger partial charge >= 0.3 is 6.03 Å². The average molecular weight is 560 g/mol. The van der Waals surface area contributed by atoms with E-state index >= 15 is 0 Å². The van der Waals surface area contributed by atoms with Gasteiger partial charge < -0.3 is 20.2 Å². The number of aliphatic hydroxyl groups is 1. The molecule has 3 amide bonds. The summed E-state index contributed by atoms with van der Waals surface area (Å²) in [7, 11) is 0. The van der Waals surface area contributed by atoms with Crippen LogP contribution >= 0.6 is 0 Å². The van der Waals surface area contributed by atoms with Gasteiger partial charge in [0, 0.05) is 12.5 Å². The monoisotopic (exact) mass is 559 g/mol. The lowest BCUT2D eigenvalue weighted by molar-refractivity contribution is -0.152. The van der Waals surface area contributed by atoms with E-state index in [0.717, 1.165) is 29.5 Å². The Hall–Kier alpha value is -4.04. The number of urea groups is 1. The number of aliphatic hydroxyl groups excluding tert-OH is 1. The molecule has 0 spiro atoms. The summed E-state index contributed by atoms with van der Waals surface area (Å²) in [5, 5.41) is 34.3. The van der Waals surface area contributed by atoms with E-state index in [-0.39, 0.29) is 49.0 Å². The number of rotatable bonds is 11. The van der Waals surface area contributed by atoms with Crippen LogP contribution in [0, 0.1) is 5.92 Å². The SMILES string of the molecule is CCCC(CCC)C(=O)N1C[C@@H](O)[C@@H](Cc2ccccc2)N(Cc2ccc(O)cc2)C(=O)N1Cc1ccc(O)cc1. The number of nitrogens with zero attached hydrogens (tertiary/aromatic N) is 3. The highest BCUT2D eigenvalue weighted by Gasteiger charge is 2.43. The minimum absolute atomic E-state index is 0.0177. The van der Waals surface area contributed by atoms with Crippen LogP contribution < -0.4 is 0 Å². The fraction of sp³-hybridized carbons (Fsp3) is 0.394. The molecule has 1 aliphatic rings. The van der Waals surface area contributed by atoms with Crippen molar-refractivity contribution in [2.75, 3.05) is 6.54 Å². The van der Waals surface area contributed by atoms with E-state index in [1.54, 1.807) is 53.4 Å². The lowest BCUT2D eigenvalue weighted by atomic mass is 9.96. The summed E-state index contributed by atoms with van der Waals surface area (Å²) in [5.74, 6) is -0.184. The Morgan fingerprint density at radius 3 is 1.88 bits per heavy atom. The first-order valence-corrected chi connectivity index (χ1v) is 14.5. The highest BCUT2D eigenvalue weighted by molar-refractivity contribution is 5.83. The molecule has 0 aliphatic carbocycles. The maximum atomic E-state index is 14.5. The molecular weight excluding hydrogens is 518 g/mol. The third-order valence-corrected chi connectivity index (χ3v) is 7.69. The van der Waals surface area contributed by atoms with Crippen LogP contribution in [0.4, 0.5) is 4.79 Å². The second-order valence-corrected chi connectivity index (χ2v) is 10.8. The minimum Gasteiger partial charge on any atom is -0.508 e. The summed E-state index contributed by atoms with van der Waals surface area (Å²) in [6.45, 7) is 4.36. The summed E-state index contributed by atoms with van der Waals surface area (Å²) >= 11 is 0. The van der Waals surface area contributed by atoms with Crippen LogP contribution in [0.3, 0.4) is 0 Å². The van der Waals surface area contributed by atoms with Crippen LogP contribution in [0.1, 0.15) is 56.2 Å². The van der Waals surface area contributed by atoms with E-state index in [4.69, 9.17) is 0 Å². The zero-order valence-corrected chi connectivity index (χ0v) is 23.9. The molecule has 218 valence electrons. The first kappa shape index (κ1) is 29.9. The highest BCUT2D eigenvalue weighted by Crippen LogP contribution is 2.28. The lowest BCUT2D eigenvalue weighted by Gasteiger charge is -2.37.